The van der Waals surface area contributed by atoms with Gasteiger partial charge >= 0.3 is 0 Å². The quantitative estimate of drug-likeness (QED) is 0.444. The largest absolute Gasteiger partial charge is 0.493 e. The Morgan fingerprint density at radius 1 is 0.941 bits per heavy atom. The molecule has 0 saturated carbocycles. The van der Waals surface area contributed by atoms with E-state index in [2.05, 4.69) is 59.0 Å². The summed E-state index contributed by atoms with van der Waals surface area (Å²) in [7, 11) is 0. The molecule has 0 aliphatic rings. The van der Waals surface area contributed by atoms with Crippen molar-refractivity contribution < 1.29 is 4.74 Å². The van der Waals surface area contributed by atoms with Crippen molar-refractivity contribution in [1.82, 2.24) is 0 Å². The molecule has 88 valence electrons. The van der Waals surface area contributed by atoms with Crippen molar-refractivity contribution in [2.45, 2.75) is 4.90 Å². The van der Waals surface area contributed by atoms with Gasteiger partial charge in [-0.2, -0.15) is 0 Å². The lowest BCUT2D eigenvalue weighted by molar-refractivity contribution is 0.344. The van der Waals surface area contributed by atoms with Crippen LogP contribution in [-0.2, 0) is 0 Å². The third-order valence-corrected chi connectivity index (χ3v) is 3.87. The predicted octanol–water partition coefficient (Wildman–Crippen LogP) is 4.46. The van der Waals surface area contributed by atoms with E-state index in [4.69, 9.17) is 4.74 Å². The van der Waals surface area contributed by atoms with E-state index in [1.54, 1.807) is 0 Å². The third kappa shape index (κ3) is 4.60. The summed E-state index contributed by atoms with van der Waals surface area (Å²) in [6.45, 7) is 0.736. The van der Waals surface area contributed by atoms with Gasteiger partial charge in [0.15, 0.2) is 0 Å². The topological polar surface area (TPSA) is 9.23 Å². The summed E-state index contributed by atoms with van der Waals surface area (Å²) in [6, 6.07) is 18.5. The van der Waals surface area contributed by atoms with Gasteiger partial charge in [0.25, 0.3) is 0 Å². The lowest BCUT2D eigenvalue weighted by Gasteiger charge is -2.05. The Balaban J connectivity index is 1.71. The minimum atomic E-state index is 0.736. The third-order valence-electron chi connectivity index (χ3n) is 2.18. The molecule has 0 N–H and O–H groups in total. The smallest absolute Gasteiger partial charge is 0.119 e. The van der Waals surface area contributed by atoms with Crippen LogP contribution in [0.3, 0.4) is 0 Å². The minimum absolute atomic E-state index is 0.736. The first kappa shape index (κ1) is 12.8. The molecule has 3 heteroatoms. The summed E-state index contributed by atoms with van der Waals surface area (Å²) in [4.78, 5) is 1.29. The van der Waals surface area contributed by atoms with Crippen LogP contribution in [0, 0.1) is 3.57 Å². The van der Waals surface area contributed by atoms with Crippen molar-refractivity contribution in [3.8, 4) is 5.75 Å². The summed E-state index contributed by atoms with van der Waals surface area (Å²) in [6.07, 6.45) is 0. The highest BCUT2D eigenvalue weighted by molar-refractivity contribution is 14.1. The molecule has 0 atom stereocenters. The van der Waals surface area contributed by atoms with Crippen LogP contribution in [0.5, 0.6) is 5.75 Å². The Hall–Kier alpha value is -0.680. The molecular formula is C14H13IOS. The lowest BCUT2D eigenvalue weighted by Crippen LogP contribution is -1.99. The number of hydrogen-bond acceptors (Lipinski definition) is 2. The summed E-state index contributed by atoms with van der Waals surface area (Å²) in [5.74, 6) is 1.91. The number of benzene rings is 2. The van der Waals surface area contributed by atoms with E-state index in [9.17, 15) is 0 Å². The zero-order valence-electron chi connectivity index (χ0n) is 9.30. The highest BCUT2D eigenvalue weighted by Crippen LogP contribution is 2.18. The van der Waals surface area contributed by atoms with Crippen molar-refractivity contribution in [1.29, 1.82) is 0 Å². The fraction of sp³-hybridized carbons (Fsp3) is 0.143. The Labute approximate surface area is 120 Å². The Morgan fingerprint density at radius 2 is 1.65 bits per heavy atom. The Morgan fingerprint density at radius 3 is 2.35 bits per heavy atom. The van der Waals surface area contributed by atoms with Gasteiger partial charge in [-0.25, -0.2) is 0 Å². The van der Waals surface area contributed by atoms with Crippen molar-refractivity contribution in [2.24, 2.45) is 0 Å². The summed E-state index contributed by atoms with van der Waals surface area (Å²) >= 11 is 4.11. The predicted molar refractivity (Wildman–Crippen MR) is 81.8 cm³/mol. The minimum Gasteiger partial charge on any atom is -0.493 e. The fourth-order valence-electron chi connectivity index (χ4n) is 1.37. The molecule has 2 rings (SSSR count). The van der Waals surface area contributed by atoms with E-state index in [0.717, 1.165) is 18.1 Å². The first-order valence-corrected chi connectivity index (χ1v) is 7.47. The number of halogens is 1. The van der Waals surface area contributed by atoms with E-state index in [1.807, 2.05) is 30.0 Å². The molecule has 0 heterocycles. The number of rotatable bonds is 5. The van der Waals surface area contributed by atoms with Crippen molar-refractivity contribution in [3.05, 3.63) is 58.2 Å². The molecule has 2 aromatic rings. The molecule has 2 aromatic carbocycles. The number of thioether (sulfide) groups is 1. The summed E-state index contributed by atoms with van der Waals surface area (Å²) < 4.78 is 6.89. The molecule has 1 nitrogen and oxygen atoms in total. The highest BCUT2D eigenvalue weighted by atomic mass is 127. The average molecular weight is 356 g/mol. The zero-order valence-corrected chi connectivity index (χ0v) is 12.3. The molecule has 0 aliphatic heterocycles. The first-order valence-electron chi connectivity index (χ1n) is 5.41. The van der Waals surface area contributed by atoms with Crippen LogP contribution in [0.15, 0.2) is 59.5 Å². The molecular weight excluding hydrogens is 343 g/mol. The highest BCUT2D eigenvalue weighted by Gasteiger charge is 1.95. The maximum atomic E-state index is 5.66. The maximum Gasteiger partial charge on any atom is 0.119 e. The van der Waals surface area contributed by atoms with Crippen molar-refractivity contribution >= 4 is 34.4 Å². The van der Waals surface area contributed by atoms with E-state index < -0.39 is 0 Å². The number of ether oxygens (including phenoxy) is 1. The zero-order chi connectivity index (χ0) is 11.9. The second-order valence-corrected chi connectivity index (χ2v) is 5.88. The molecule has 0 radical (unpaired) electrons. The standard InChI is InChI=1S/C14H13IOS/c15-12-6-8-13(9-7-12)16-10-11-17-14-4-2-1-3-5-14/h1-9H,10-11H2. The molecule has 0 bridgehead atoms. The second-order valence-electron chi connectivity index (χ2n) is 3.46. The Kier molecular flexibility index (Phi) is 5.19. The molecule has 0 amide bonds. The number of hydrogen-bond donors (Lipinski definition) is 0. The SMILES string of the molecule is Ic1ccc(OCCSc2ccccc2)cc1. The lowest BCUT2D eigenvalue weighted by atomic mass is 10.3. The van der Waals surface area contributed by atoms with E-state index in [1.165, 1.54) is 8.47 Å². The summed E-state index contributed by atoms with van der Waals surface area (Å²) in [5, 5.41) is 0. The van der Waals surface area contributed by atoms with Crippen LogP contribution < -0.4 is 4.74 Å². The van der Waals surface area contributed by atoms with E-state index in [0.29, 0.717) is 0 Å². The molecule has 0 saturated heterocycles. The van der Waals surface area contributed by atoms with Gasteiger partial charge in [-0.1, -0.05) is 18.2 Å². The van der Waals surface area contributed by atoms with Gasteiger partial charge in [-0.3, -0.25) is 0 Å². The van der Waals surface area contributed by atoms with Crippen molar-refractivity contribution in [2.75, 3.05) is 12.4 Å². The normalized spacial score (nSPS) is 10.2. The van der Waals surface area contributed by atoms with Gasteiger partial charge in [0.1, 0.15) is 5.75 Å². The van der Waals surface area contributed by atoms with Crippen LogP contribution in [0.25, 0.3) is 0 Å². The monoisotopic (exact) mass is 356 g/mol. The first-order chi connectivity index (χ1) is 8.34. The van der Waals surface area contributed by atoms with E-state index >= 15 is 0 Å². The van der Waals surface area contributed by atoms with Gasteiger partial charge in [0.05, 0.1) is 6.61 Å². The van der Waals surface area contributed by atoms with Gasteiger partial charge in [0, 0.05) is 14.2 Å². The van der Waals surface area contributed by atoms with Gasteiger partial charge in [-0.15, -0.1) is 11.8 Å². The van der Waals surface area contributed by atoms with Crippen LogP contribution in [0.2, 0.25) is 0 Å². The molecule has 0 spiro atoms. The van der Waals surface area contributed by atoms with Crippen molar-refractivity contribution in [3.63, 3.8) is 0 Å². The summed E-state index contributed by atoms with van der Waals surface area (Å²) in [5.41, 5.74) is 0. The van der Waals surface area contributed by atoms with E-state index in [-0.39, 0.29) is 0 Å². The second kappa shape index (κ2) is 6.91. The van der Waals surface area contributed by atoms with Crippen LogP contribution in [-0.4, -0.2) is 12.4 Å². The average Bonchev–Trinajstić information content (AvgIpc) is 2.38. The maximum absolute atomic E-state index is 5.66. The molecule has 17 heavy (non-hydrogen) atoms. The van der Waals surface area contributed by atoms with Gasteiger partial charge in [-0.05, 0) is 59.0 Å². The molecule has 0 aliphatic carbocycles. The molecule has 0 unspecified atom stereocenters. The Bertz CT molecular complexity index is 442. The van der Waals surface area contributed by atoms with Crippen LogP contribution in [0.1, 0.15) is 0 Å². The van der Waals surface area contributed by atoms with Gasteiger partial charge < -0.3 is 4.74 Å². The van der Waals surface area contributed by atoms with Crippen LogP contribution in [0.4, 0.5) is 0 Å². The molecule has 0 fully saturated rings. The van der Waals surface area contributed by atoms with Gasteiger partial charge in [0.2, 0.25) is 0 Å². The molecule has 0 aromatic heterocycles. The van der Waals surface area contributed by atoms with Crippen LogP contribution >= 0.6 is 34.4 Å². The fourth-order valence-corrected chi connectivity index (χ4v) is 2.48.